The van der Waals surface area contributed by atoms with Gasteiger partial charge in [0.15, 0.2) is 0 Å². The number of aliphatic hydroxyl groups is 1. The van der Waals surface area contributed by atoms with Crippen LogP contribution in [0.3, 0.4) is 0 Å². The third kappa shape index (κ3) is 2.87. The first kappa shape index (κ1) is 13.0. The molecule has 1 atom stereocenters. The minimum absolute atomic E-state index is 0.000398. The molecule has 1 fully saturated rings. The van der Waals surface area contributed by atoms with Crippen molar-refractivity contribution in [3.63, 3.8) is 0 Å². The predicted octanol–water partition coefficient (Wildman–Crippen LogP) is 2.35. The zero-order valence-electron chi connectivity index (χ0n) is 11.2. The van der Waals surface area contributed by atoms with Crippen molar-refractivity contribution in [2.24, 2.45) is 5.41 Å². The molecule has 1 saturated heterocycles. The molecular weight excluding hydrogens is 232 g/mol. The van der Waals surface area contributed by atoms with E-state index in [2.05, 4.69) is 37.6 Å². The van der Waals surface area contributed by atoms with E-state index in [1.807, 2.05) is 0 Å². The molecule has 0 saturated carbocycles. The highest BCUT2D eigenvalue weighted by molar-refractivity contribution is 7.11. The van der Waals surface area contributed by atoms with E-state index >= 15 is 0 Å². The number of rotatable bonds is 2. The lowest BCUT2D eigenvalue weighted by Gasteiger charge is -2.41. The number of aliphatic hydroxyl groups excluding tert-OH is 1. The lowest BCUT2D eigenvalue weighted by Crippen LogP contribution is -2.48. The van der Waals surface area contributed by atoms with Gasteiger partial charge in [0.2, 0.25) is 0 Å². The van der Waals surface area contributed by atoms with E-state index in [0.717, 1.165) is 31.7 Å². The SMILES string of the molecule is Cc1nc(CN2CCC(O)C(C)(C)C2)sc1C. The Morgan fingerprint density at radius 1 is 1.47 bits per heavy atom. The van der Waals surface area contributed by atoms with Crippen LogP contribution in [0.25, 0.3) is 0 Å². The molecule has 1 aliphatic heterocycles. The van der Waals surface area contributed by atoms with Gasteiger partial charge in [-0.2, -0.15) is 0 Å². The Labute approximate surface area is 107 Å². The van der Waals surface area contributed by atoms with Crippen LogP contribution in [-0.2, 0) is 6.54 Å². The van der Waals surface area contributed by atoms with Crippen LogP contribution in [0.1, 0.15) is 35.8 Å². The number of likely N-dealkylation sites (tertiary alicyclic amines) is 1. The second-order valence-corrected chi connectivity index (χ2v) is 7.04. The number of aryl methyl sites for hydroxylation is 2. The topological polar surface area (TPSA) is 36.4 Å². The molecule has 3 nitrogen and oxygen atoms in total. The Balaban J connectivity index is 2.01. The van der Waals surface area contributed by atoms with Gasteiger partial charge in [-0.3, -0.25) is 4.90 Å². The van der Waals surface area contributed by atoms with Crippen molar-refractivity contribution in [3.05, 3.63) is 15.6 Å². The third-order valence-corrected chi connectivity index (χ3v) is 4.74. The van der Waals surface area contributed by atoms with Crippen LogP contribution in [0.4, 0.5) is 0 Å². The molecule has 17 heavy (non-hydrogen) atoms. The minimum atomic E-state index is -0.168. The normalized spacial score (nSPS) is 25.1. The van der Waals surface area contributed by atoms with Crippen LogP contribution in [0, 0.1) is 19.3 Å². The molecule has 96 valence electrons. The first-order chi connectivity index (χ1) is 7.88. The molecule has 2 rings (SSSR count). The summed E-state index contributed by atoms with van der Waals surface area (Å²) in [6.45, 7) is 11.3. The van der Waals surface area contributed by atoms with Gasteiger partial charge in [-0.05, 0) is 20.3 Å². The molecule has 0 bridgehead atoms. The summed E-state index contributed by atoms with van der Waals surface area (Å²) in [6.07, 6.45) is 0.703. The number of aromatic nitrogens is 1. The molecule has 0 spiro atoms. The van der Waals surface area contributed by atoms with Crippen LogP contribution in [0.5, 0.6) is 0 Å². The summed E-state index contributed by atoms with van der Waals surface area (Å²) in [5.74, 6) is 0. The average Bonchev–Trinajstić information content (AvgIpc) is 2.52. The highest BCUT2D eigenvalue weighted by Crippen LogP contribution is 2.30. The summed E-state index contributed by atoms with van der Waals surface area (Å²) in [4.78, 5) is 8.31. The smallest absolute Gasteiger partial charge is 0.107 e. The molecule has 1 aromatic heterocycles. The summed E-state index contributed by atoms with van der Waals surface area (Å²) in [6, 6.07) is 0. The van der Waals surface area contributed by atoms with Crippen LogP contribution in [-0.4, -0.2) is 34.2 Å². The van der Waals surface area contributed by atoms with E-state index in [9.17, 15) is 5.11 Å². The summed E-state index contributed by atoms with van der Waals surface area (Å²) in [5, 5.41) is 11.1. The van der Waals surface area contributed by atoms with Crippen molar-refractivity contribution < 1.29 is 5.11 Å². The van der Waals surface area contributed by atoms with Gasteiger partial charge < -0.3 is 5.11 Å². The van der Waals surface area contributed by atoms with Gasteiger partial charge in [-0.15, -0.1) is 11.3 Å². The lowest BCUT2D eigenvalue weighted by atomic mass is 9.81. The number of hydrogen-bond donors (Lipinski definition) is 1. The molecule has 0 aliphatic carbocycles. The van der Waals surface area contributed by atoms with Gasteiger partial charge in [-0.25, -0.2) is 4.98 Å². The maximum Gasteiger partial charge on any atom is 0.107 e. The van der Waals surface area contributed by atoms with E-state index in [1.54, 1.807) is 11.3 Å². The lowest BCUT2D eigenvalue weighted by molar-refractivity contribution is -0.0270. The van der Waals surface area contributed by atoms with Crippen molar-refractivity contribution >= 4 is 11.3 Å². The van der Waals surface area contributed by atoms with Gasteiger partial charge in [0.1, 0.15) is 5.01 Å². The molecule has 0 amide bonds. The van der Waals surface area contributed by atoms with Crippen molar-refractivity contribution in [3.8, 4) is 0 Å². The van der Waals surface area contributed by atoms with Crippen molar-refractivity contribution in [2.75, 3.05) is 13.1 Å². The van der Waals surface area contributed by atoms with Crippen molar-refractivity contribution in [1.82, 2.24) is 9.88 Å². The first-order valence-corrected chi connectivity index (χ1v) is 7.03. The largest absolute Gasteiger partial charge is 0.392 e. The number of nitrogens with zero attached hydrogens (tertiary/aromatic N) is 2. The van der Waals surface area contributed by atoms with E-state index < -0.39 is 0 Å². The Morgan fingerprint density at radius 3 is 2.71 bits per heavy atom. The van der Waals surface area contributed by atoms with Gasteiger partial charge >= 0.3 is 0 Å². The molecule has 4 heteroatoms. The molecule has 0 aromatic carbocycles. The fourth-order valence-electron chi connectivity index (χ4n) is 2.39. The molecule has 1 aromatic rings. The predicted molar refractivity (Wildman–Crippen MR) is 71.3 cm³/mol. The number of thiazole rings is 1. The third-order valence-electron chi connectivity index (χ3n) is 3.68. The Morgan fingerprint density at radius 2 is 2.18 bits per heavy atom. The van der Waals surface area contributed by atoms with Gasteiger partial charge in [0.05, 0.1) is 18.3 Å². The first-order valence-electron chi connectivity index (χ1n) is 6.22. The highest BCUT2D eigenvalue weighted by Gasteiger charge is 2.34. The summed E-state index contributed by atoms with van der Waals surface area (Å²) >= 11 is 1.79. The number of hydrogen-bond acceptors (Lipinski definition) is 4. The number of piperidine rings is 1. The fraction of sp³-hybridized carbons (Fsp3) is 0.769. The summed E-state index contributed by atoms with van der Waals surface area (Å²) < 4.78 is 0. The Bertz CT molecular complexity index is 381. The maximum atomic E-state index is 9.93. The average molecular weight is 254 g/mol. The van der Waals surface area contributed by atoms with Crippen LogP contribution < -0.4 is 0 Å². The summed E-state index contributed by atoms with van der Waals surface area (Å²) in [5.41, 5.74) is 1.15. The van der Waals surface area contributed by atoms with Gasteiger partial charge in [0, 0.05) is 23.4 Å². The van der Waals surface area contributed by atoms with Gasteiger partial charge in [0.25, 0.3) is 0 Å². The van der Waals surface area contributed by atoms with E-state index in [-0.39, 0.29) is 11.5 Å². The van der Waals surface area contributed by atoms with E-state index in [4.69, 9.17) is 0 Å². The van der Waals surface area contributed by atoms with E-state index in [0.29, 0.717) is 0 Å². The van der Waals surface area contributed by atoms with E-state index in [1.165, 1.54) is 9.88 Å². The second-order valence-electron chi connectivity index (χ2n) is 5.75. The minimum Gasteiger partial charge on any atom is -0.392 e. The summed E-state index contributed by atoms with van der Waals surface area (Å²) in [7, 11) is 0. The Hall–Kier alpha value is -0.450. The van der Waals surface area contributed by atoms with Crippen LogP contribution in [0.2, 0.25) is 0 Å². The second kappa shape index (κ2) is 4.67. The Kier molecular flexibility index (Phi) is 3.57. The molecule has 1 aliphatic rings. The molecule has 1 N–H and O–H groups in total. The van der Waals surface area contributed by atoms with Gasteiger partial charge in [-0.1, -0.05) is 13.8 Å². The molecule has 2 heterocycles. The van der Waals surface area contributed by atoms with Crippen molar-refractivity contribution in [2.45, 2.75) is 46.8 Å². The zero-order valence-corrected chi connectivity index (χ0v) is 12.0. The zero-order chi connectivity index (χ0) is 12.6. The quantitative estimate of drug-likeness (QED) is 0.880. The maximum absolute atomic E-state index is 9.93. The van der Waals surface area contributed by atoms with Crippen molar-refractivity contribution in [1.29, 1.82) is 0 Å². The molecule has 0 radical (unpaired) electrons. The molecule has 1 unspecified atom stereocenters. The van der Waals surface area contributed by atoms with Crippen LogP contribution in [0.15, 0.2) is 0 Å². The standard InChI is InChI=1S/C13H22N2OS/c1-9-10(2)17-12(14-9)7-15-6-5-11(16)13(3,4)8-15/h11,16H,5-8H2,1-4H3. The monoisotopic (exact) mass is 254 g/mol. The fourth-order valence-corrected chi connectivity index (χ4v) is 3.37. The molecular formula is C13H22N2OS. The highest BCUT2D eigenvalue weighted by atomic mass is 32.1. The van der Waals surface area contributed by atoms with Crippen LogP contribution >= 0.6 is 11.3 Å².